The molecule has 2 aliphatic rings. The number of halogens is 1. The Labute approximate surface area is 208 Å². The summed E-state index contributed by atoms with van der Waals surface area (Å²) in [5.74, 6) is 1.75. The SMILES string of the molecule is CN=C(NCc1cccc(CN2CCOC(C)C2)c1)N1CCN(c2ncccn2)CC1.I. The van der Waals surface area contributed by atoms with E-state index >= 15 is 0 Å². The van der Waals surface area contributed by atoms with Crippen LogP contribution in [0.5, 0.6) is 0 Å². The van der Waals surface area contributed by atoms with Gasteiger partial charge < -0.3 is 19.9 Å². The third kappa shape index (κ3) is 6.76. The predicted molar refractivity (Wildman–Crippen MR) is 139 cm³/mol. The van der Waals surface area contributed by atoms with Crippen LogP contribution in [0.1, 0.15) is 18.1 Å². The van der Waals surface area contributed by atoms with E-state index in [0.29, 0.717) is 6.10 Å². The maximum absolute atomic E-state index is 5.66. The molecule has 1 aromatic heterocycles. The average molecular weight is 551 g/mol. The van der Waals surface area contributed by atoms with Gasteiger partial charge in [-0.15, -0.1) is 24.0 Å². The molecule has 0 amide bonds. The van der Waals surface area contributed by atoms with Crippen LogP contribution in [0.15, 0.2) is 47.7 Å². The second-order valence-corrected chi connectivity index (χ2v) is 8.16. The number of aromatic nitrogens is 2. The number of piperazine rings is 1. The van der Waals surface area contributed by atoms with E-state index in [2.05, 4.69) is 66.2 Å². The number of morpholine rings is 1. The molecule has 4 rings (SSSR count). The van der Waals surface area contributed by atoms with Gasteiger partial charge in [-0.2, -0.15) is 0 Å². The van der Waals surface area contributed by atoms with E-state index in [9.17, 15) is 0 Å². The van der Waals surface area contributed by atoms with Gasteiger partial charge in [0.1, 0.15) is 0 Å². The third-order valence-corrected chi connectivity index (χ3v) is 5.80. The molecule has 1 N–H and O–H groups in total. The standard InChI is InChI=1S/C23H33N7O.HI/c1-19-17-28(13-14-31-19)18-21-6-3-5-20(15-21)16-27-22(24-2)29-9-11-30(12-10-29)23-25-7-4-8-26-23;/h3-8,15,19H,9-14,16-18H2,1-2H3,(H,24,27);1H. The Kier molecular flexibility index (Phi) is 9.49. The summed E-state index contributed by atoms with van der Waals surface area (Å²) >= 11 is 0. The summed E-state index contributed by atoms with van der Waals surface area (Å²) in [6.45, 7) is 10.3. The Morgan fingerprint density at radius 2 is 1.84 bits per heavy atom. The van der Waals surface area contributed by atoms with Gasteiger partial charge in [-0.1, -0.05) is 24.3 Å². The lowest BCUT2D eigenvalue weighted by molar-refractivity contribution is -0.0212. The molecular formula is C23H34IN7O. The average Bonchev–Trinajstić information content (AvgIpc) is 2.81. The minimum Gasteiger partial charge on any atom is -0.376 e. The van der Waals surface area contributed by atoms with Crippen LogP contribution in [-0.4, -0.2) is 84.8 Å². The lowest BCUT2D eigenvalue weighted by Gasteiger charge is -2.36. The first-order valence-corrected chi connectivity index (χ1v) is 11.1. The van der Waals surface area contributed by atoms with Gasteiger partial charge in [0.15, 0.2) is 5.96 Å². The molecule has 2 saturated heterocycles. The second kappa shape index (κ2) is 12.3. The summed E-state index contributed by atoms with van der Waals surface area (Å²) in [5, 5.41) is 3.54. The smallest absolute Gasteiger partial charge is 0.225 e. The highest BCUT2D eigenvalue weighted by Gasteiger charge is 2.21. The number of benzene rings is 1. The molecule has 0 saturated carbocycles. The summed E-state index contributed by atoms with van der Waals surface area (Å²) in [5.41, 5.74) is 2.62. The summed E-state index contributed by atoms with van der Waals surface area (Å²) in [6.07, 6.45) is 3.90. The molecule has 0 radical (unpaired) electrons. The zero-order valence-corrected chi connectivity index (χ0v) is 21.3. The molecule has 0 spiro atoms. The monoisotopic (exact) mass is 551 g/mol. The lowest BCUT2D eigenvalue weighted by atomic mass is 10.1. The molecule has 2 aliphatic heterocycles. The van der Waals surface area contributed by atoms with Gasteiger partial charge in [-0.25, -0.2) is 9.97 Å². The molecule has 1 atom stereocenters. The Morgan fingerprint density at radius 1 is 1.09 bits per heavy atom. The van der Waals surface area contributed by atoms with Crippen molar-refractivity contribution in [2.24, 2.45) is 4.99 Å². The van der Waals surface area contributed by atoms with Crippen LogP contribution in [0, 0.1) is 0 Å². The number of hydrogen-bond acceptors (Lipinski definition) is 6. The minimum atomic E-state index is 0. The molecule has 9 heteroatoms. The van der Waals surface area contributed by atoms with E-state index in [1.807, 2.05) is 13.1 Å². The third-order valence-electron chi connectivity index (χ3n) is 5.80. The van der Waals surface area contributed by atoms with Crippen molar-refractivity contribution in [1.29, 1.82) is 0 Å². The zero-order valence-electron chi connectivity index (χ0n) is 19.0. The van der Waals surface area contributed by atoms with Crippen LogP contribution in [0.4, 0.5) is 5.95 Å². The van der Waals surface area contributed by atoms with Crippen molar-refractivity contribution in [3.05, 3.63) is 53.9 Å². The summed E-state index contributed by atoms with van der Waals surface area (Å²) in [4.78, 5) is 20.2. The summed E-state index contributed by atoms with van der Waals surface area (Å²) < 4.78 is 5.66. The van der Waals surface area contributed by atoms with E-state index in [0.717, 1.165) is 70.9 Å². The Hall–Kier alpha value is -1.98. The molecule has 3 heterocycles. The van der Waals surface area contributed by atoms with E-state index in [4.69, 9.17) is 4.74 Å². The van der Waals surface area contributed by atoms with Crippen molar-refractivity contribution in [1.82, 2.24) is 25.1 Å². The quantitative estimate of drug-likeness (QED) is 0.347. The van der Waals surface area contributed by atoms with E-state index in [1.54, 1.807) is 12.4 Å². The Morgan fingerprint density at radius 3 is 2.56 bits per heavy atom. The van der Waals surface area contributed by atoms with Crippen LogP contribution >= 0.6 is 24.0 Å². The second-order valence-electron chi connectivity index (χ2n) is 8.16. The number of nitrogens with zero attached hydrogens (tertiary/aromatic N) is 6. The molecule has 32 heavy (non-hydrogen) atoms. The van der Waals surface area contributed by atoms with Gasteiger partial charge in [0, 0.05) is 71.8 Å². The minimum absolute atomic E-state index is 0. The highest BCUT2D eigenvalue weighted by molar-refractivity contribution is 14.0. The number of nitrogens with one attached hydrogen (secondary N) is 1. The molecule has 1 aromatic carbocycles. The Balaban J connectivity index is 0.00000289. The van der Waals surface area contributed by atoms with Crippen LogP contribution in [0.3, 0.4) is 0 Å². The number of hydrogen-bond donors (Lipinski definition) is 1. The fraction of sp³-hybridized carbons (Fsp3) is 0.522. The normalized spacial score (nSPS) is 20.1. The highest BCUT2D eigenvalue weighted by Crippen LogP contribution is 2.13. The topological polar surface area (TPSA) is 69.1 Å². The van der Waals surface area contributed by atoms with Crippen molar-refractivity contribution in [3.63, 3.8) is 0 Å². The molecule has 8 nitrogen and oxygen atoms in total. The maximum atomic E-state index is 5.66. The number of anilines is 1. The Bertz CT molecular complexity index is 858. The van der Waals surface area contributed by atoms with E-state index in [1.165, 1.54) is 11.1 Å². The highest BCUT2D eigenvalue weighted by atomic mass is 127. The van der Waals surface area contributed by atoms with Crippen LogP contribution in [-0.2, 0) is 17.8 Å². The van der Waals surface area contributed by atoms with Gasteiger partial charge in [0.25, 0.3) is 0 Å². The zero-order chi connectivity index (χ0) is 21.5. The van der Waals surface area contributed by atoms with Gasteiger partial charge in [-0.05, 0) is 24.1 Å². The number of aliphatic imine (C=N–C) groups is 1. The predicted octanol–water partition coefficient (Wildman–Crippen LogP) is 2.21. The number of rotatable bonds is 5. The lowest BCUT2D eigenvalue weighted by Crippen LogP contribution is -2.52. The van der Waals surface area contributed by atoms with Crippen molar-refractivity contribution in [2.45, 2.75) is 26.1 Å². The molecule has 2 fully saturated rings. The van der Waals surface area contributed by atoms with Gasteiger partial charge in [0.2, 0.25) is 5.95 Å². The number of ether oxygens (including phenoxy) is 1. The first-order chi connectivity index (χ1) is 15.2. The van der Waals surface area contributed by atoms with Crippen LogP contribution < -0.4 is 10.2 Å². The number of guanidine groups is 1. The van der Waals surface area contributed by atoms with Crippen molar-refractivity contribution in [3.8, 4) is 0 Å². The van der Waals surface area contributed by atoms with Gasteiger partial charge >= 0.3 is 0 Å². The van der Waals surface area contributed by atoms with Gasteiger partial charge in [0.05, 0.1) is 12.7 Å². The fourth-order valence-corrected chi connectivity index (χ4v) is 4.22. The van der Waals surface area contributed by atoms with E-state index < -0.39 is 0 Å². The van der Waals surface area contributed by atoms with Crippen molar-refractivity contribution in [2.75, 3.05) is 57.8 Å². The molecule has 174 valence electrons. The van der Waals surface area contributed by atoms with Crippen LogP contribution in [0.2, 0.25) is 0 Å². The molecule has 0 aliphatic carbocycles. The largest absolute Gasteiger partial charge is 0.376 e. The molecule has 1 unspecified atom stereocenters. The maximum Gasteiger partial charge on any atom is 0.225 e. The molecule has 2 aromatic rings. The first kappa shape index (κ1) is 24.7. The fourth-order valence-electron chi connectivity index (χ4n) is 4.22. The van der Waals surface area contributed by atoms with Gasteiger partial charge in [-0.3, -0.25) is 9.89 Å². The molecular weight excluding hydrogens is 517 g/mol. The molecule has 0 bridgehead atoms. The first-order valence-electron chi connectivity index (χ1n) is 11.1. The van der Waals surface area contributed by atoms with Crippen molar-refractivity contribution < 1.29 is 4.74 Å². The van der Waals surface area contributed by atoms with Crippen molar-refractivity contribution >= 4 is 35.9 Å². The van der Waals surface area contributed by atoms with E-state index in [-0.39, 0.29) is 24.0 Å². The van der Waals surface area contributed by atoms with Crippen LogP contribution in [0.25, 0.3) is 0 Å². The summed E-state index contributed by atoms with van der Waals surface area (Å²) in [7, 11) is 1.85. The summed E-state index contributed by atoms with van der Waals surface area (Å²) in [6, 6.07) is 10.7.